The third-order valence-electron chi connectivity index (χ3n) is 4.18. The van der Waals surface area contributed by atoms with E-state index in [1.807, 2.05) is 0 Å². The zero-order valence-electron chi connectivity index (χ0n) is 11.2. The van der Waals surface area contributed by atoms with Crippen LogP contribution in [0.15, 0.2) is 33.6 Å². The Bertz CT molecular complexity index is 519. The highest BCUT2D eigenvalue weighted by molar-refractivity contribution is 9.10. The Morgan fingerprint density at radius 3 is 2.32 bits per heavy atom. The van der Waals surface area contributed by atoms with E-state index in [0.717, 1.165) is 23.7 Å². The van der Waals surface area contributed by atoms with Crippen LogP contribution in [0.25, 0.3) is 0 Å². The first-order valence-electron chi connectivity index (χ1n) is 6.73. The average Bonchev–Trinajstić information content (AvgIpc) is 2.87. The van der Waals surface area contributed by atoms with Crippen molar-refractivity contribution in [2.24, 2.45) is 5.41 Å². The summed E-state index contributed by atoms with van der Waals surface area (Å²) in [6, 6.07) is 6.75. The molecule has 1 saturated carbocycles. The van der Waals surface area contributed by atoms with Crippen LogP contribution >= 0.6 is 15.9 Å². The van der Waals surface area contributed by atoms with Crippen molar-refractivity contribution in [3.8, 4) is 0 Å². The molecule has 0 aromatic heterocycles. The molecule has 0 saturated heterocycles. The van der Waals surface area contributed by atoms with E-state index in [2.05, 4.69) is 27.6 Å². The molecular weight excluding hydrogens is 326 g/mol. The minimum absolute atomic E-state index is 0.169. The number of benzene rings is 1. The van der Waals surface area contributed by atoms with Crippen molar-refractivity contribution in [2.45, 2.75) is 43.9 Å². The first-order chi connectivity index (χ1) is 8.97. The third-order valence-corrected chi connectivity index (χ3v) is 6.12. The molecule has 0 atom stereocenters. The molecule has 1 N–H and O–H groups in total. The number of sulfonamides is 1. The van der Waals surface area contributed by atoms with Crippen LogP contribution in [0.2, 0.25) is 0 Å². The minimum Gasteiger partial charge on any atom is -0.211 e. The summed E-state index contributed by atoms with van der Waals surface area (Å²) in [6.07, 6.45) is 5.73. The lowest BCUT2D eigenvalue weighted by molar-refractivity contribution is 0.285. The van der Waals surface area contributed by atoms with Gasteiger partial charge in [0.1, 0.15) is 0 Å². The van der Waals surface area contributed by atoms with E-state index in [1.54, 1.807) is 24.3 Å². The lowest BCUT2D eigenvalue weighted by Crippen LogP contribution is -2.35. The summed E-state index contributed by atoms with van der Waals surface area (Å²) >= 11 is 3.31. The van der Waals surface area contributed by atoms with Gasteiger partial charge in [-0.1, -0.05) is 35.7 Å². The summed E-state index contributed by atoms with van der Waals surface area (Å²) < 4.78 is 28.1. The average molecular weight is 346 g/mol. The molecule has 1 aromatic rings. The SMILES string of the molecule is CCC1(CNS(=O)(=O)c2ccc(Br)cc2)CCCC1. The summed E-state index contributed by atoms with van der Waals surface area (Å²) in [5.74, 6) is 0. The Labute approximate surface area is 124 Å². The van der Waals surface area contributed by atoms with E-state index < -0.39 is 10.0 Å². The van der Waals surface area contributed by atoms with Crippen LogP contribution in [0.1, 0.15) is 39.0 Å². The van der Waals surface area contributed by atoms with Gasteiger partial charge in [-0.15, -0.1) is 0 Å². The first-order valence-corrected chi connectivity index (χ1v) is 9.00. The number of nitrogens with one attached hydrogen (secondary N) is 1. The van der Waals surface area contributed by atoms with Crippen LogP contribution in [0, 0.1) is 5.41 Å². The largest absolute Gasteiger partial charge is 0.240 e. The van der Waals surface area contributed by atoms with E-state index >= 15 is 0 Å². The van der Waals surface area contributed by atoms with Gasteiger partial charge in [-0.05, 0) is 48.9 Å². The van der Waals surface area contributed by atoms with E-state index in [1.165, 1.54) is 12.8 Å². The van der Waals surface area contributed by atoms with E-state index in [-0.39, 0.29) is 5.41 Å². The predicted octanol–water partition coefficient (Wildman–Crippen LogP) is 3.70. The lowest BCUT2D eigenvalue weighted by Gasteiger charge is -2.27. The van der Waals surface area contributed by atoms with Gasteiger partial charge >= 0.3 is 0 Å². The van der Waals surface area contributed by atoms with Crippen molar-refractivity contribution in [3.05, 3.63) is 28.7 Å². The first kappa shape index (κ1) is 15.0. The molecule has 1 aliphatic rings. The second-order valence-corrected chi connectivity index (χ2v) is 8.02. The van der Waals surface area contributed by atoms with E-state index in [4.69, 9.17) is 0 Å². The number of hydrogen-bond acceptors (Lipinski definition) is 2. The normalized spacial score (nSPS) is 18.6. The van der Waals surface area contributed by atoms with Crippen molar-refractivity contribution in [3.63, 3.8) is 0 Å². The Hall–Kier alpha value is -0.390. The van der Waals surface area contributed by atoms with Crippen LogP contribution in [0.4, 0.5) is 0 Å². The number of rotatable bonds is 5. The second-order valence-electron chi connectivity index (χ2n) is 5.34. The fourth-order valence-electron chi connectivity index (χ4n) is 2.73. The topological polar surface area (TPSA) is 46.2 Å². The van der Waals surface area contributed by atoms with Crippen molar-refractivity contribution >= 4 is 26.0 Å². The van der Waals surface area contributed by atoms with E-state index in [0.29, 0.717) is 11.4 Å². The molecule has 0 unspecified atom stereocenters. The van der Waals surface area contributed by atoms with Gasteiger partial charge in [-0.2, -0.15) is 0 Å². The number of halogens is 1. The molecule has 106 valence electrons. The van der Waals surface area contributed by atoms with Crippen molar-refractivity contribution < 1.29 is 8.42 Å². The van der Waals surface area contributed by atoms with Gasteiger partial charge in [0, 0.05) is 11.0 Å². The van der Waals surface area contributed by atoms with Gasteiger partial charge < -0.3 is 0 Å². The number of hydrogen-bond donors (Lipinski definition) is 1. The molecule has 0 aliphatic heterocycles. The molecule has 2 rings (SSSR count). The highest BCUT2D eigenvalue weighted by atomic mass is 79.9. The summed E-state index contributed by atoms with van der Waals surface area (Å²) in [5.41, 5.74) is 0.169. The smallest absolute Gasteiger partial charge is 0.211 e. The molecular formula is C14H20BrNO2S. The van der Waals surface area contributed by atoms with Gasteiger partial charge in [-0.3, -0.25) is 0 Å². The maximum atomic E-state index is 12.2. The molecule has 0 bridgehead atoms. The predicted molar refractivity (Wildman–Crippen MR) is 80.5 cm³/mol. The maximum absolute atomic E-state index is 12.2. The van der Waals surface area contributed by atoms with Gasteiger partial charge in [0.05, 0.1) is 4.90 Å². The molecule has 3 nitrogen and oxygen atoms in total. The van der Waals surface area contributed by atoms with Gasteiger partial charge in [-0.25, -0.2) is 13.1 Å². The molecule has 5 heteroatoms. The maximum Gasteiger partial charge on any atom is 0.240 e. The lowest BCUT2D eigenvalue weighted by atomic mass is 9.84. The molecule has 1 aromatic carbocycles. The molecule has 0 radical (unpaired) electrons. The van der Waals surface area contributed by atoms with Crippen LogP contribution in [-0.2, 0) is 10.0 Å². The molecule has 0 heterocycles. The van der Waals surface area contributed by atoms with Gasteiger partial charge in [0.15, 0.2) is 0 Å². The molecule has 19 heavy (non-hydrogen) atoms. The fourth-order valence-corrected chi connectivity index (χ4v) is 4.15. The van der Waals surface area contributed by atoms with Gasteiger partial charge in [0.2, 0.25) is 10.0 Å². The summed E-state index contributed by atoms with van der Waals surface area (Å²) in [5, 5.41) is 0. The Kier molecular flexibility index (Phi) is 4.69. The highest BCUT2D eigenvalue weighted by Crippen LogP contribution is 2.40. The van der Waals surface area contributed by atoms with Crippen LogP contribution in [0.3, 0.4) is 0 Å². The van der Waals surface area contributed by atoms with Crippen LogP contribution in [0.5, 0.6) is 0 Å². The molecule has 1 fully saturated rings. The summed E-state index contributed by atoms with van der Waals surface area (Å²) in [7, 11) is -3.38. The standard InChI is InChI=1S/C14H20BrNO2S/c1-2-14(9-3-4-10-14)11-16-19(17,18)13-7-5-12(15)6-8-13/h5-8,16H,2-4,9-11H2,1H3. The molecule has 0 spiro atoms. The Balaban J connectivity index is 2.07. The second kappa shape index (κ2) is 5.94. The Morgan fingerprint density at radius 2 is 1.79 bits per heavy atom. The fraction of sp³-hybridized carbons (Fsp3) is 0.571. The van der Waals surface area contributed by atoms with E-state index in [9.17, 15) is 8.42 Å². The third kappa shape index (κ3) is 3.58. The summed E-state index contributed by atoms with van der Waals surface area (Å²) in [4.78, 5) is 0.333. The van der Waals surface area contributed by atoms with Crippen molar-refractivity contribution in [2.75, 3.05) is 6.54 Å². The highest BCUT2D eigenvalue weighted by Gasteiger charge is 2.33. The minimum atomic E-state index is -3.38. The summed E-state index contributed by atoms with van der Waals surface area (Å²) in [6.45, 7) is 2.71. The van der Waals surface area contributed by atoms with Gasteiger partial charge in [0.25, 0.3) is 0 Å². The quantitative estimate of drug-likeness (QED) is 0.884. The van der Waals surface area contributed by atoms with Crippen LogP contribution in [-0.4, -0.2) is 15.0 Å². The monoisotopic (exact) mass is 345 g/mol. The molecule has 0 amide bonds. The zero-order valence-corrected chi connectivity index (χ0v) is 13.6. The molecule has 1 aliphatic carbocycles. The van der Waals surface area contributed by atoms with Crippen molar-refractivity contribution in [1.29, 1.82) is 0 Å². The van der Waals surface area contributed by atoms with Crippen molar-refractivity contribution in [1.82, 2.24) is 4.72 Å². The van der Waals surface area contributed by atoms with Crippen LogP contribution < -0.4 is 4.72 Å². The Morgan fingerprint density at radius 1 is 1.21 bits per heavy atom. The zero-order chi connectivity index (χ0) is 13.9.